The Labute approximate surface area is 125 Å². The van der Waals surface area contributed by atoms with Gasteiger partial charge >= 0.3 is 0 Å². The average Bonchev–Trinajstić information content (AvgIpc) is 2.96. The molecule has 0 saturated heterocycles. The summed E-state index contributed by atoms with van der Waals surface area (Å²) in [6.45, 7) is 1.13. The fourth-order valence-corrected chi connectivity index (χ4v) is 3.51. The number of anilines is 2. The lowest BCUT2D eigenvalue weighted by Gasteiger charge is -2.27. The van der Waals surface area contributed by atoms with Gasteiger partial charge in [0.15, 0.2) is 5.82 Å². The topological polar surface area (TPSA) is 55.0 Å². The third-order valence-electron chi connectivity index (χ3n) is 4.65. The van der Waals surface area contributed by atoms with Crippen molar-refractivity contribution in [3.63, 3.8) is 0 Å². The summed E-state index contributed by atoms with van der Waals surface area (Å²) in [7, 11) is 2.15. The van der Waals surface area contributed by atoms with Crippen molar-refractivity contribution in [2.24, 2.45) is 0 Å². The normalized spacial score (nSPS) is 16.7. The molecule has 1 aromatic carbocycles. The molecule has 21 heavy (non-hydrogen) atoms. The van der Waals surface area contributed by atoms with Crippen molar-refractivity contribution in [2.75, 3.05) is 24.2 Å². The van der Waals surface area contributed by atoms with Crippen molar-refractivity contribution < 1.29 is 0 Å². The van der Waals surface area contributed by atoms with Gasteiger partial charge in [-0.05, 0) is 55.9 Å². The number of rotatable bonds is 1. The van der Waals surface area contributed by atoms with E-state index in [1.54, 1.807) is 0 Å². The van der Waals surface area contributed by atoms with Crippen LogP contribution in [0.1, 0.15) is 29.7 Å². The Morgan fingerprint density at radius 1 is 1.10 bits per heavy atom. The summed E-state index contributed by atoms with van der Waals surface area (Å²) >= 11 is 0. The van der Waals surface area contributed by atoms with Gasteiger partial charge in [-0.2, -0.15) is 0 Å². The summed E-state index contributed by atoms with van der Waals surface area (Å²) in [5.74, 6) is 1.45. The largest absolute Gasteiger partial charge is 0.383 e. The number of nitrogens with zero attached hydrogens (tertiary/aromatic N) is 3. The molecule has 108 valence electrons. The molecule has 0 unspecified atom stereocenters. The van der Waals surface area contributed by atoms with Gasteiger partial charge in [-0.3, -0.25) is 0 Å². The molecule has 0 fully saturated rings. The number of nitrogen functional groups attached to an aromatic ring is 1. The highest BCUT2D eigenvalue weighted by atomic mass is 15.1. The second kappa shape index (κ2) is 4.72. The standard InChI is InChI=1S/C17H20N4/c1-21-9-3-4-11-10-12(7-8-15(11)21)17-19-14-6-2-5-13(14)16(18)20-17/h7-8,10H,2-6,9H2,1H3,(H2,18,19,20). The number of aromatic nitrogens is 2. The predicted octanol–water partition coefficient (Wildman–Crippen LogP) is 2.60. The highest BCUT2D eigenvalue weighted by molar-refractivity contribution is 5.67. The summed E-state index contributed by atoms with van der Waals surface area (Å²) in [4.78, 5) is 11.6. The fourth-order valence-electron chi connectivity index (χ4n) is 3.51. The monoisotopic (exact) mass is 280 g/mol. The molecule has 0 spiro atoms. The maximum Gasteiger partial charge on any atom is 0.161 e. The van der Waals surface area contributed by atoms with Crippen LogP contribution in [0, 0.1) is 0 Å². The number of aryl methyl sites for hydroxylation is 2. The van der Waals surface area contributed by atoms with Gasteiger partial charge in [0, 0.05) is 36.1 Å². The molecule has 1 aliphatic carbocycles. The average molecular weight is 280 g/mol. The van der Waals surface area contributed by atoms with E-state index in [0.717, 1.165) is 54.9 Å². The molecule has 0 amide bonds. The Bertz CT molecular complexity index is 708. The first kappa shape index (κ1) is 12.6. The van der Waals surface area contributed by atoms with E-state index in [1.807, 2.05) is 0 Å². The second-order valence-corrected chi connectivity index (χ2v) is 6.08. The molecule has 4 nitrogen and oxygen atoms in total. The first-order valence-corrected chi connectivity index (χ1v) is 7.72. The van der Waals surface area contributed by atoms with Gasteiger partial charge < -0.3 is 10.6 Å². The van der Waals surface area contributed by atoms with E-state index < -0.39 is 0 Å². The summed E-state index contributed by atoms with van der Waals surface area (Å²) in [5.41, 5.74) is 12.2. The van der Waals surface area contributed by atoms with Gasteiger partial charge in [0.2, 0.25) is 0 Å². The Hall–Kier alpha value is -2.10. The van der Waals surface area contributed by atoms with Gasteiger partial charge in [0.25, 0.3) is 0 Å². The lowest BCUT2D eigenvalue weighted by molar-refractivity contribution is 0.744. The Morgan fingerprint density at radius 3 is 2.90 bits per heavy atom. The van der Waals surface area contributed by atoms with Crippen molar-refractivity contribution in [3.05, 3.63) is 35.0 Å². The quantitative estimate of drug-likeness (QED) is 0.872. The van der Waals surface area contributed by atoms with Crippen LogP contribution in [0.15, 0.2) is 18.2 Å². The Balaban J connectivity index is 1.79. The zero-order valence-electron chi connectivity index (χ0n) is 12.4. The van der Waals surface area contributed by atoms with Crippen molar-refractivity contribution in [1.82, 2.24) is 9.97 Å². The third-order valence-corrected chi connectivity index (χ3v) is 4.65. The molecule has 4 heteroatoms. The van der Waals surface area contributed by atoms with Crippen molar-refractivity contribution in [3.8, 4) is 11.4 Å². The van der Waals surface area contributed by atoms with Gasteiger partial charge in [0.05, 0.1) is 0 Å². The zero-order chi connectivity index (χ0) is 14.4. The van der Waals surface area contributed by atoms with Crippen LogP contribution in [0.4, 0.5) is 11.5 Å². The van der Waals surface area contributed by atoms with E-state index in [1.165, 1.54) is 17.7 Å². The minimum absolute atomic E-state index is 0.669. The van der Waals surface area contributed by atoms with Crippen LogP contribution in [0.2, 0.25) is 0 Å². The fraction of sp³-hybridized carbons (Fsp3) is 0.412. The highest BCUT2D eigenvalue weighted by Crippen LogP contribution is 2.32. The number of hydrogen-bond acceptors (Lipinski definition) is 4. The van der Waals surface area contributed by atoms with E-state index in [-0.39, 0.29) is 0 Å². The van der Waals surface area contributed by atoms with Crippen molar-refractivity contribution >= 4 is 11.5 Å². The first-order valence-electron chi connectivity index (χ1n) is 7.72. The van der Waals surface area contributed by atoms with Crippen LogP contribution < -0.4 is 10.6 Å². The number of hydrogen-bond donors (Lipinski definition) is 1. The Kier molecular flexibility index (Phi) is 2.84. The van der Waals surface area contributed by atoms with E-state index in [4.69, 9.17) is 10.7 Å². The summed E-state index contributed by atoms with van der Waals surface area (Å²) in [6.07, 6.45) is 5.54. The smallest absolute Gasteiger partial charge is 0.161 e. The second-order valence-electron chi connectivity index (χ2n) is 6.08. The highest BCUT2D eigenvalue weighted by Gasteiger charge is 2.19. The van der Waals surface area contributed by atoms with Crippen LogP contribution in [0.25, 0.3) is 11.4 Å². The number of benzene rings is 1. The van der Waals surface area contributed by atoms with Gasteiger partial charge in [-0.15, -0.1) is 0 Å². The van der Waals surface area contributed by atoms with E-state index in [0.29, 0.717) is 5.82 Å². The maximum atomic E-state index is 6.11. The molecule has 1 aliphatic heterocycles. The van der Waals surface area contributed by atoms with E-state index >= 15 is 0 Å². The van der Waals surface area contributed by atoms with Crippen molar-refractivity contribution in [2.45, 2.75) is 32.1 Å². The minimum Gasteiger partial charge on any atom is -0.383 e. The molecule has 0 saturated carbocycles. The van der Waals surface area contributed by atoms with Gasteiger partial charge in [-0.1, -0.05) is 0 Å². The van der Waals surface area contributed by atoms with Crippen LogP contribution in [-0.4, -0.2) is 23.6 Å². The number of fused-ring (bicyclic) bond motifs is 2. The lowest BCUT2D eigenvalue weighted by Crippen LogP contribution is -2.24. The first-order chi connectivity index (χ1) is 10.2. The van der Waals surface area contributed by atoms with Gasteiger partial charge in [-0.25, -0.2) is 9.97 Å². The summed E-state index contributed by atoms with van der Waals surface area (Å²) in [6, 6.07) is 6.55. The van der Waals surface area contributed by atoms with Crippen LogP contribution in [0.5, 0.6) is 0 Å². The molecule has 2 aliphatic rings. The molecule has 0 bridgehead atoms. The molecule has 2 heterocycles. The van der Waals surface area contributed by atoms with Gasteiger partial charge in [0.1, 0.15) is 5.82 Å². The number of nitrogens with two attached hydrogens (primary N) is 1. The van der Waals surface area contributed by atoms with Crippen molar-refractivity contribution in [1.29, 1.82) is 0 Å². The molecule has 1 aromatic heterocycles. The lowest BCUT2D eigenvalue weighted by atomic mass is 9.99. The molecule has 2 N–H and O–H groups in total. The van der Waals surface area contributed by atoms with Crippen LogP contribution in [-0.2, 0) is 19.3 Å². The Morgan fingerprint density at radius 2 is 2.00 bits per heavy atom. The summed E-state index contributed by atoms with van der Waals surface area (Å²) < 4.78 is 0. The third kappa shape index (κ3) is 2.06. The summed E-state index contributed by atoms with van der Waals surface area (Å²) in [5, 5.41) is 0. The molecular weight excluding hydrogens is 260 g/mol. The van der Waals surface area contributed by atoms with E-state index in [2.05, 4.69) is 35.1 Å². The van der Waals surface area contributed by atoms with Crippen LogP contribution >= 0.6 is 0 Å². The van der Waals surface area contributed by atoms with Crippen LogP contribution in [0.3, 0.4) is 0 Å². The SMILES string of the molecule is CN1CCCc2cc(-c3nc(N)c4c(n3)CCC4)ccc21. The zero-order valence-corrected chi connectivity index (χ0v) is 12.4. The minimum atomic E-state index is 0.669. The molecule has 4 rings (SSSR count). The maximum absolute atomic E-state index is 6.11. The molecular formula is C17H20N4. The predicted molar refractivity (Wildman–Crippen MR) is 85.5 cm³/mol. The molecule has 0 atom stereocenters. The molecule has 2 aromatic rings. The molecule has 0 radical (unpaired) electrons. The van der Waals surface area contributed by atoms with E-state index in [9.17, 15) is 0 Å².